The van der Waals surface area contributed by atoms with Gasteiger partial charge in [0.15, 0.2) is 0 Å². The Labute approximate surface area is 169 Å². The molecule has 0 aromatic rings. The van der Waals surface area contributed by atoms with E-state index in [1.54, 1.807) is 0 Å². The highest BCUT2D eigenvalue weighted by Gasteiger charge is 2.13. The Hall–Kier alpha value is -2.49. The molecule has 0 radical (unpaired) electrons. The first-order valence-corrected chi connectivity index (χ1v) is 10.1. The maximum atomic E-state index is 11.3. The molecular weight excluding hydrogens is 352 g/mol. The van der Waals surface area contributed by atoms with Crippen LogP contribution < -0.4 is 0 Å². The number of unbranched alkanes of at least 4 members (excludes halogenated alkanes) is 2. The zero-order valence-corrected chi connectivity index (χ0v) is 17.3. The third-order valence-corrected chi connectivity index (χ3v) is 3.65. The van der Waals surface area contributed by atoms with Crippen LogP contribution in [-0.4, -0.2) is 17.7 Å². The van der Waals surface area contributed by atoms with E-state index in [4.69, 9.17) is 0 Å². The average Bonchev–Trinajstić information content (AvgIpc) is 2.66. The Kier molecular flexibility index (Phi) is 17.6. The minimum absolute atomic E-state index is 0.156. The SMILES string of the molecule is CC/C=C/C/C=C/C/C=C/C/C=C/C/C=C/CCCCC(=O)OC(=O)C(C)=O. The molecule has 28 heavy (non-hydrogen) atoms. The minimum atomic E-state index is -1.08. The Balaban J connectivity index is 3.57. The summed E-state index contributed by atoms with van der Waals surface area (Å²) in [7, 11) is 0. The molecule has 0 aliphatic carbocycles. The molecule has 4 heteroatoms. The fourth-order valence-electron chi connectivity index (χ4n) is 2.13. The number of ether oxygens (including phenoxy) is 1. The molecule has 0 unspecified atom stereocenters. The van der Waals surface area contributed by atoms with E-state index in [2.05, 4.69) is 72.4 Å². The van der Waals surface area contributed by atoms with Gasteiger partial charge in [-0.1, -0.05) is 67.7 Å². The lowest BCUT2D eigenvalue weighted by atomic mass is 10.2. The number of carbonyl (C=O) groups excluding carboxylic acids is 3. The summed E-state index contributed by atoms with van der Waals surface area (Å²) >= 11 is 0. The standard InChI is InChI=1S/C24H34O4/c1-3-4-5-6-7-8-9-10-11-12-13-14-15-16-17-18-19-20-21-23(26)28-24(27)22(2)25/h4-5,7-8,10-11,13-14,16-17H,3,6,9,12,15,18-21H2,1-2H3/b5-4+,8-7+,11-10+,14-13+,17-16+. The van der Waals surface area contributed by atoms with Crippen LogP contribution in [0.2, 0.25) is 0 Å². The van der Waals surface area contributed by atoms with Crippen molar-refractivity contribution in [1.82, 2.24) is 0 Å². The first-order chi connectivity index (χ1) is 13.6. The van der Waals surface area contributed by atoms with Crippen LogP contribution in [0.15, 0.2) is 60.8 Å². The Morgan fingerprint density at radius 3 is 1.61 bits per heavy atom. The van der Waals surface area contributed by atoms with Crippen LogP contribution in [-0.2, 0) is 19.1 Å². The van der Waals surface area contributed by atoms with Crippen molar-refractivity contribution in [3.8, 4) is 0 Å². The van der Waals surface area contributed by atoms with Gasteiger partial charge >= 0.3 is 11.9 Å². The molecule has 0 saturated carbocycles. The Morgan fingerprint density at radius 2 is 1.14 bits per heavy atom. The van der Waals surface area contributed by atoms with Gasteiger partial charge in [-0.2, -0.15) is 0 Å². The molecule has 0 aliphatic rings. The summed E-state index contributed by atoms with van der Waals surface area (Å²) in [5.41, 5.74) is 0. The van der Waals surface area contributed by atoms with Gasteiger partial charge in [0.25, 0.3) is 0 Å². The van der Waals surface area contributed by atoms with Gasteiger partial charge in [-0.15, -0.1) is 0 Å². The van der Waals surface area contributed by atoms with Gasteiger partial charge in [-0.05, 0) is 51.4 Å². The average molecular weight is 387 g/mol. The van der Waals surface area contributed by atoms with Gasteiger partial charge < -0.3 is 4.74 Å². The van der Waals surface area contributed by atoms with Crippen molar-refractivity contribution in [2.75, 3.05) is 0 Å². The molecule has 0 rings (SSSR count). The van der Waals surface area contributed by atoms with Gasteiger partial charge in [0.05, 0.1) is 0 Å². The topological polar surface area (TPSA) is 60.4 Å². The third-order valence-electron chi connectivity index (χ3n) is 3.65. The molecule has 0 N–H and O–H groups in total. The van der Waals surface area contributed by atoms with Crippen molar-refractivity contribution in [3.63, 3.8) is 0 Å². The van der Waals surface area contributed by atoms with E-state index < -0.39 is 17.7 Å². The van der Waals surface area contributed by atoms with E-state index in [9.17, 15) is 14.4 Å². The first kappa shape index (κ1) is 25.5. The van der Waals surface area contributed by atoms with E-state index in [0.717, 1.165) is 51.9 Å². The Bertz CT molecular complexity index is 592. The fraction of sp³-hybridized carbons (Fsp3) is 0.458. The maximum absolute atomic E-state index is 11.3. The molecule has 0 bridgehead atoms. The first-order valence-electron chi connectivity index (χ1n) is 10.1. The monoisotopic (exact) mass is 386 g/mol. The van der Waals surface area contributed by atoms with Crippen molar-refractivity contribution in [2.24, 2.45) is 0 Å². The minimum Gasteiger partial charge on any atom is -0.387 e. The molecular formula is C24H34O4. The molecule has 0 atom stereocenters. The van der Waals surface area contributed by atoms with E-state index in [1.165, 1.54) is 0 Å². The number of hydrogen-bond donors (Lipinski definition) is 0. The molecule has 0 spiro atoms. The lowest BCUT2D eigenvalue weighted by molar-refractivity contribution is -0.163. The molecule has 4 nitrogen and oxygen atoms in total. The number of ketones is 1. The highest BCUT2D eigenvalue weighted by Crippen LogP contribution is 2.03. The van der Waals surface area contributed by atoms with Crippen molar-refractivity contribution in [2.45, 2.75) is 71.6 Å². The maximum Gasteiger partial charge on any atom is 0.381 e. The molecule has 0 heterocycles. The van der Waals surface area contributed by atoms with Gasteiger partial charge in [-0.25, -0.2) is 4.79 Å². The van der Waals surface area contributed by atoms with E-state index in [0.29, 0.717) is 6.42 Å². The lowest BCUT2D eigenvalue weighted by Crippen LogP contribution is -2.18. The van der Waals surface area contributed by atoms with E-state index in [-0.39, 0.29) is 6.42 Å². The lowest BCUT2D eigenvalue weighted by Gasteiger charge is -1.99. The van der Waals surface area contributed by atoms with Crippen LogP contribution >= 0.6 is 0 Å². The smallest absolute Gasteiger partial charge is 0.381 e. The van der Waals surface area contributed by atoms with Crippen LogP contribution in [0.4, 0.5) is 0 Å². The number of esters is 2. The van der Waals surface area contributed by atoms with Gasteiger partial charge in [0.1, 0.15) is 0 Å². The summed E-state index contributed by atoms with van der Waals surface area (Å²) in [5.74, 6) is -2.47. The van der Waals surface area contributed by atoms with Crippen LogP contribution in [0.5, 0.6) is 0 Å². The number of allylic oxidation sites excluding steroid dienone is 10. The zero-order valence-electron chi connectivity index (χ0n) is 17.3. The highest BCUT2D eigenvalue weighted by atomic mass is 16.6. The van der Waals surface area contributed by atoms with Gasteiger partial charge in [0.2, 0.25) is 5.78 Å². The number of rotatable bonds is 15. The summed E-state index contributed by atoms with van der Waals surface area (Å²) < 4.78 is 4.38. The van der Waals surface area contributed by atoms with E-state index in [1.807, 2.05) is 0 Å². The molecule has 0 aromatic carbocycles. The second kappa shape index (κ2) is 19.3. The summed E-state index contributed by atoms with van der Waals surface area (Å²) in [4.78, 5) is 32.9. The highest BCUT2D eigenvalue weighted by molar-refractivity contribution is 6.34. The van der Waals surface area contributed by atoms with Crippen LogP contribution in [0.25, 0.3) is 0 Å². The third kappa shape index (κ3) is 18.3. The van der Waals surface area contributed by atoms with Crippen molar-refractivity contribution >= 4 is 17.7 Å². The number of Topliss-reactive ketones (excluding diaryl/α,β-unsaturated/α-hetero) is 1. The largest absolute Gasteiger partial charge is 0.387 e. The second-order valence-electron chi connectivity index (χ2n) is 6.27. The molecule has 0 fully saturated rings. The van der Waals surface area contributed by atoms with Gasteiger partial charge in [0, 0.05) is 13.3 Å². The molecule has 0 saturated heterocycles. The predicted molar refractivity (Wildman–Crippen MR) is 115 cm³/mol. The second-order valence-corrected chi connectivity index (χ2v) is 6.27. The van der Waals surface area contributed by atoms with Crippen LogP contribution in [0.1, 0.15) is 71.6 Å². The number of carbonyl (C=O) groups is 3. The normalized spacial score (nSPS) is 12.2. The quantitative estimate of drug-likeness (QED) is 0.115. The van der Waals surface area contributed by atoms with Gasteiger partial charge in [-0.3, -0.25) is 9.59 Å². The van der Waals surface area contributed by atoms with E-state index >= 15 is 0 Å². The zero-order chi connectivity index (χ0) is 20.9. The van der Waals surface area contributed by atoms with Crippen LogP contribution in [0, 0.1) is 0 Å². The molecule has 0 amide bonds. The Morgan fingerprint density at radius 1 is 0.679 bits per heavy atom. The van der Waals surface area contributed by atoms with Crippen LogP contribution in [0.3, 0.4) is 0 Å². The van der Waals surface area contributed by atoms with Crippen molar-refractivity contribution in [1.29, 1.82) is 0 Å². The predicted octanol–water partition coefficient (Wildman–Crippen LogP) is 5.96. The summed E-state index contributed by atoms with van der Waals surface area (Å²) in [6, 6.07) is 0. The summed E-state index contributed by atoms with van der Waals surface area (Å²) in [6.07, 6.45) is 29.0. The fourth-order valence-corrected chi connectivity index (χ4v) is 2.13. The molecule has 0 aromatic heterocycles. The summed E-state index contributed by atoms with van der Waals surface area (Å²) in [6.45, 7) is 3.22. The van der Waals surface area contributed by atoms with Crippen molar-refractivity contribution in [3.05, 3.63) is 60.8 Å². The molecule has 154 valence electrons. The number of hydrogen-bond acceptors (Lipinski definition) is 4. The van der Waals surface area contributed by atoms with Crippen molar-refractivity contribution < 1.29 is 19.1 Å². The summed E-state index contributed by atoms with van der Waals surface area (Å²) in [5, 5.41) is 0. The molecule has 0 aliphatic heterocycles.